The molecule has 1 rings (SSSR count). The summed E-state index contributed by atoms with van der Waals surface area (Å²) in [5.41, 5.74) is 6.11. The first-order valence-electron chi connectivity index (χ1n) is 6.91. The highest BCUT2D eigenvalue weighted by Gasteiger charge is 2.26. The monoisotopic (exact) mass is 226 g/mol. The molecule has 1 saturated carbocycles. The van der Waals surface area contributed by atoms with Gasteiger partial charge in [-0.15, -0.1) is 0 Å². The third kappa shape index (κ3) is 5.31. The van der Waals surface area contributed by atoms with E-state index in [-0.39, 0.29) is 5.54 Å². The lowest BCUT2D eigenvalue weighted by atomic mass is 10.0. The Morgan fingerprint density at radius 3 is 2.25 bits per heavy atom. The minimum absolute atomic E-state index is 0.0560. The van der Waals surface area contributed by atoms with E-state index >= 15 is 0 Å². The Kier molecular flexibility index (Phi) is 5.26. The first-order chi connectivity index (χ1) is 7.38. The van der Waals surface area contributed by atoms with Gasteiger partial charge in [0.2, 0.25) is 0 Å². The van der Waals surface area contributed by atoms with Crippen LogP contribution in [0.15, 0.2) is 0 Å². The zero-order valence-electron chi connectivity index (χ0n) is 11.6. The van der Waals surface area contributed by atoms with Gasteiger partial charge < -0.3 is 5.73 Å². The number of nitrogens with zero attached hydrogens (tertiary/aromatic N) is 1. The molecule has 0 aromatic carbocycles. The van der Waals surface area contributed by atoms with E-state index in [4.69, 9.17) is 5.73 Å². The van der Waals surface area contributed by atoms with Crippen LogP contribution in [0.1, 0.15) is 59.8 Å². The third-order valence-electron chi connectivity index (χ3n) is 3.45. The van der Waals surface area contributed by atoms with Crippen LogP contribution < -0.4 is 5.73 Å². The van der Waals surface area contributed by atoms with Crippen molar-refractivity contribution in [1.29, 1.82) is 0 Å². The van der Waals surface area contributed by atoms with Crippen LogP contribution in [0.2, 0.25) is 0 Å². The molecule has 2 N–H and O–H groups in total. The molecule has 0 bridgehead atoms. The standard InChI is InChI=1S/C14H30N2/c1-12(2)9-10-16(11-14(3,4)15)13-7-5-6-8-13/h12-13H,5-11,15H2,1-4H3. The van der Waals surface area contributed by atoms with Crippen molar-refractivity contribution in [2.24, 2.45) is 11.7 Å². The maximum absolute atomic E-state index is 6.17. The van der Waals surface area contributed by atoms with Crippen molar-refractivity contribution in [2.75, 3.05) is 13.1 Å². The molecule has 0 atom stereocenters. The quantitative estimate of drug-likeness (QED) is 0.754. The summed E-state index contributed by atoms with van der Waals surface area (Å²) >= 11 is 0. The second kappa shape index (κ2) is 6.02. The van der Waals surface area contributed by atoms with Gasteiger partial charge in [-0.25, -0.2) is 0 Å². The van der Waals surface area contributed by atoms with E-state index in [0.29, 0.717) is 0 Å². The van der Waals surface area contributed by atoms with Crippen LogP contribution in [0.25, 0.3) is 0 Å². The predicted octanol–water partition coefficient (Wildman–Crippen LogP) is 3.01. The van der Waals surface area contributed by atoms with Gasteiger partial charge >= 0.3 is 0 Å². The summed E-state index contributed by atoms with van der Waals surface area (Å²) in [7, 11) is 0. The molecule has 0 aliphatic heterocycles. The van der Waals surface area contributed by atoms with Gasteiger partial charge in [0.25, 0.3) is 0 Å². The zero-order valence-corrected chi connectivity index (χ0v) is 11.6. The first-order valence-corrected chi connectivity index (χ1v) is 6.91. The van der Waals surface area contributed by atoms with Crippen molar-refractivity contribution in [2.45, 2.75) is 71.4 Å². The molecule has 0 heterocycles. The Morgan fingerprint density at radius 1 is 1.25 bits per heavy atom. The van der Waals surface area contributed by atoms with Crippen molar-refractivity contribution in [3.05, 3.63) is 0 Å². The van der Waals surface area contributed by atoms with Crippen LogP contribution in [0.5, 0.6) is 0 Å². The molecule has 0 amide bonds. The Bertz CT molecular complexity index is 187. The van der Waals surface area contributed by atoms with Crippen molar-refractivity contribution >= 4 is 0 Å². The van der Waals surface area contributed by atoms with Crippen molar-refractivity contribution < 1.29 is 0 Å². The van der Waals surface area contributed by atoms with Crippen LogP contribution in [-0.2, 0) is 0 Å². The lowest BCUT2D eigenvalue weighted by molar-refractivity contribution is 0.156. The molecule has 2 heteroatoms. The molecule has 0 radical (unpaired) electrons. The average molecular weight is 226 g/mol. The largest absolute Gasteiger partial charge is 0.324 e. The highest BCUT2D eigenvalue weighted by atomic mass is 15.2. The molecule has 0 saturated heterocycles. The van der Waals surface area contributed by atoms with E-state index in [9.17, 15) is 0 Å². The Labute approximate surface area is 102 Å². The summed E-state index contributed by atoms with van der Waals surface area (Å²) in [5, 5.41) is 0. The zero-order chi connectivity index (χ0) is 12.2. The summed E-state index contributed by atoms with van der Waals surface area (Å²) < 4.78 is 0. The molecule has 1 aliphatic carbocycles. The van der Waals surface area contributed by atoms with Gasteiger partial charge in [0.05, 0.1) is 0 Å². The Morgan fingerprint density at radius 2 is 1.81 bits per heavy atom. The van der Waals surface area contributed by atoms with E-state index < -0.39 is 0 Å². The van der Waals surface area contributed by atoms with Crippen LogP contribution in [0.4, 0.5) is 0 Å². The highest BCUT2D eigenvalue weighted by molar-refractivity contribution is 4.84. The average Bonchev–Trinajstić information content (AvgIpc) is 2.62. The van der Waals surface area contributed by atoms with Crippen molar-refractivity contribution in [3.63, 3.8) is 0 Å². The fourth-order valence-electron chi connectivity index (χ4n) is 2.61. The second-order valence-electron chi connectivity index (χ2n) is 6.58. The van der Waals surface area contributed by atoms with Gasteiger partial charge in [-0.05, 0) is 45.6 Å². The molecule has 0 spiro atoms. The lowest BCUT2D eigenvalue weighted by Gasteiger charge is -2.35. The van der Waals surface area contributed by atoms with Crippen LogP contribution in [-0.4, -0.2) is 29.6 Å². The van der Waals surface area contributed by atoms with E-state index in [1.54, 1.807) is 0 Å². The molecule has 0 unspecified atom stereocenters. The van der Waals surface area contributed by atoms with Crippen LogP contribution in [0.3, 0.4) is 0 Å². The molecule has 16 heavy (non-hydrogen) atoms. The smallest absolute Gasteiger partial charge is 0.0226 e. The molecule has 1 aliphatic rings. The third-order valence-corrected chi connectivity index (χ3v) is 3.45. The highest BCUT2D eigenvalue weighted by Crippen LogP contribution is 2.25. The minimum atomic E-state index is -0.0560. The summed E-state index contributed by atoms with van der Waals surface area (Å²) in [4.78, 5) is 2.65. The maximum Gasteiger partial charge on any atom is 0.0226 e. The van der Waals surface area contributed by atoms with Gasteiger partial charge in [0.15, 0.2) is 0 Å². The van der Waals surface area contributed by atoms with Gasteiger partial charge in [-0.3, -0.25) is 4.90 Å². The minimum Gasteiger partial charge on any atom is -0.324 e. The molecule has 0 aromatic heterocycles. The van der Waals surface area contributed by atoms with Gasteiger partial charge in [-0.1, -0.05) is 26.7 Å². The molecular weight excluding hydrogens is 196 g/mol. The van der Waals surface area contributed by atoms with E-state index in [0.717, 1.165) is 18.5 Å². The molecular formula is C14H30N2. The number of nitrogens with two attached hydrogens (primary N) is 1. The number of hydrogen-bond acceptors (Lipinski definition) is 2. The fourth-order valence-corrected chi connectivity index (χ4v) is 2.61. The van der Waals surface area contributed by atoms with E-state index in [1.807, 2.05) is 0 Å². The second-order valence-corrected chi connectivity index (χ2v) is 6.58. The number of hydrogen-bond donors (Lipinski definition) is 1. The molecule has 2 nitrogen and oxygen atoms in total. The molecule has 96 valence electrons. The summed E-state index contributed by atoms with van der Waals surface area (Å²) in [6.45, 7) is 11.2. The molecule has 1 fully saturated rings. The normalized spacial score (nSPS) is 18.9. The van der Waals surface area contributed by atoms with Gasteiger partial charge in [0, 0.05) is 18.1 Å². The first kappa shape index (κ1) is 14.0. The Balaban J connectivity index is 2.47. The summed E-state index contributed by atoms with van der Waals surface area (Å²) in [6, 6.07) is 0.807. The molecule has 0 aromatic rings. The number of rotatable bonds is 6. The predicted molar refractivity (Wildman–Crippen MR) is 71.6 cm³/mol. The van der Waals surface area contributed by atoms with E-state index in [2.05, 4.69) is 32.6 Å². The van der Waals surface area contributed by atoms with Gasteiger partial charge in [-0.2, -0.15) is 0 Å². The Hall–Kier alpha value is -0.0800. The van der Waals surface area contributed by atoms with Gasteiger partial charge in [0.1, 0.15) is 0 Å². The summed E-state index contributed by atoms with van der Waals surface area (Å²) in [5.74, 6) is 0.796. The van der Waals surface area contributed by atoms with Crippen molar-refractivity contribution in [1.82, 2.24) is 4.90 Å². The van der Waals surface area contributed by atoms with E-state index in [1.165, 1.54) is 38.6 Å². The fraction of sp³-hybridized carbons (Fsp3) is 1.00. The lowest BCUT2D eigenvalue weighted by Crippen LogP contribution is -2.49. The van der Waals surface area contributed by atoms with Crippen LogP contribution in [0, 0.1) is 5.92 Å². The van der Waals surface area contributed by atoms with Crippen molar-refractivity contribution in [3.8, 4) is 0 Å². The summed E-state index contributed by atoms with van der Waals surface area (Å²) in [6.07, 6.45) is 6.89. The van der Waals surface area contributed by atoms with Crippen LogP contribution >= 0.6 is 0 Å². The SMILES string of the molecule is CC(C)CCN(CC(C)(C)N)C1CCCC1. The topological polar surface area (TPSA) is 29.3 Å². The maximum atomic E-state index is 6.17.